The Morgan fingerprint density at radius 3 is 2.61 bits per heavy atom. The molecule has 0 radical (unpaired) electrons. The Hall–Kier alpha value is -2.88. The van der Waals surface area contributed by atoms with Gasteiger partial charge in [0.05, 0.1) is 24.9 Å². The van der Waals surface area contributed by atoms with Gasteiger partial charge in [0.2, 0.25) is 0 Å². The first-order valence-corrected chi connectivity index (χ1v) is 17.1. The van der Waals surface area contributed by atoms with Crippen LogP contribution in [0, 0.1) is 34.5 Å². The summed E-state index contributed by atoms with van der Waals surface area (Å²) in [6.45, 7) is 3.57. The molecule has 4 saturated carbocycles. The van der Waals surface area contributed by atoms with E-state index < -0.39 is 41.5 Å². The van der Waals surface area contributed by atoms with Crippen molar-refractivity contribution in [3.63, 3.8) is 0 Å². The summed E-state index contributed by atoms with van der Waals surface area (Å²) in [6.07, 6.45) is 13.6. The lowest BCUT2D eigenvalue weighted by atomic mass is 9.46. The second-order valence-electron chi connectivity index (χ2n) is 15.3. The first kappa shape index (κ1) is 30.5. The van der Waals surface area contributed by atoms with E-state index in [0.29, 0.717) is 18.8 Å². The minimum absolute atomic E-state index is 0.00379. The molecule has 0 unspecified atom stereocenters. The number of Topliss-reactive ketones (excluding diaryl/α,β-unsaturated/α-hetero) is 1. The Morgan fingerprint density at radius 1 is 1.11 bits per heavy atom. The second-order valence-corrected chi connectivity index (χ2v) is 15.3. The molecular formula is C38H45NO7. The number of aliphatic hydroxyl groups excluding tert-OH is 3. The summed E-state index contributed by atoms with van der Waals surface area (Å²) in [5.41, 5.74) is 1.48. The predicted octanol–water partition coefficient (Wildman–Crippen LogP) is 4.97. The molecule has 1 aliphatic heterocycles. The molecule has 8 nitrogen and oxygen atoms in total. The summed E-state index contributed by atoms with van der Waals surface area (Å²) >= 11 is 0. The fourth-order valence-electron chi connectivity index (χ4n) is 10.5. The molecule has 3 N–H and O–H groups in total. The zero-order valence-electron chi connectivity index (χ0n) is 26.7. The van der Waals surface area contributed by atoms with E-state index in [4.69, 9.17) is 9.47 Å². The number of hydrogen-bond donors (Lipinski definition) is 3. The summed E-state index contributed by atoms with van der Waals surface area (Å²) in [4.78, 5) is 26.1. The van der Waals surface area contributed by atoms with Crippen molar-refractivity contribution in [3.8, 4) is 0 Å². The Balaban J connectivity index is 1.10. The molecule has 5 aliphatic carbocycles. The largest absolute Gasteiger partial charge is 0.393 e. The van der Waals surface area contributed by atoms with Crippen LogP contribution in [0.3, 0.4) is 0 Å². The molecule has 0 spiro atoms. The van der Waals surface area contributed by atoms with E-state index in [-0.39, 0.29) is 42.0 Å². The van der Waals surface area contributed by atoms with Crippen molar-refractivity contribution in [1.29, 1.82) is 0 Å². The van der Waals surface area contributed by atoms with Gasteiger partial charge >= 0.3 is 0 Å². The Bertz CT molecular complexity index is 1600. The van der Waals surface area contributed by atoms with Crippen LogP contribution in [-0.4, -0.2) is 55.9 Å². The van der Waals surface area contributed by atoms with Crippen molar-refractivity contribution < 1.29 is 34.4 Å². The molecular weight excluding hydrogens is 582 g/mol. The molecule has 6 aliphatic rings. The van der Waals surface area contributed by atoms with Crippen LogP contribution in [0.5, 0.6) is 0 Å². The molecule has 0 amide bonds. The molecule has 1 aromatic carbocycles. The summed E-state index contributed by atoms with van der Waals surface area (Å²) in [7, 11) is 0. The summed E-state index contributed by atoms with van der Waals surface area (Å²) in [6, 6.07) is 10.3. The molecule has 2 heterocycles. The first-order valence-electron chi connectivity index (χ1n) is 17.1. The zero-order chi connectivity index (χ0) is 32.0. The lowest BCUT2D eigenvalue weighted by molar-refractivity contribution is -0.201. The topological polar surface area (TPSA) is 118 Å². The molecule has 8 rings (SSSR count). The number of nitrogens with zero attached hydrogens (tertiary/aromatic N) is 1. The van der Waals surface area contributed by atoms with Gasteiger partial charge in [-0.1, -0.05) is 62.6 Å². The average Bonchev–Trinajstić information content (AvgIpc) is 3.48. The Kier molecular flexibility index (Phi) is 7.16. The van der Waals surface area contributed by atoms with E-state index in [1.165, 1.54) is 18.4 Å². The zero-order valence-corrected chi connectivity index (χ0v) is 26.7. The number of allylic oxidation sites excluding steroid dienone is 4. The summed E-state index contributed by atoms with van der Waals surface area (Å²) in [5, 5.41) is 31.8. The maximum absolute atomic E-state index is 13.9. The quantitative estimate of drug-likeness (QED) is 0.378. The molecule has 1 saturated heterocycles. The van der Waals surface area contributed by atoms with Crippen LogP contribution in [0.15, 0.2) is 66.5 Å². The van der Waals surface area contributed by atoms with Crippen LogP contribution in [0.25, 0.3) is 0 Å². The third-order valence-electron chi connectivity index (χ3n) is 13.0. The molecule has 244 valence electrons. The standard InChI is InChI=1S/C38H45NO7/c1-36-13-11-27(42)16-26(36)9-10-28-29-17-33-38(32(44)21-41,37(29,2)18-31(43)34(28)36)46-35(45-33)25-12-14-39(19-25)30(15-22-3-4-22)24-7-5-23(20-40)6-8-24/h5-8,11-14,16,19,22,28-31,33-35,40-41,43H,3-4,9-10,15,17-18,20-21H2,1-2H3/t28-,29-,30+,31-,33+,34+,35+,36-,37-,38+/m0/s1. The second kappa shape index (κ2) is 10.8. The third kappa shape index (κ3) is 4.37. The maximum Gasteiger partial charge on any atom is 0.193 e. The van der Waals surface area contributed by atoms with Gasteiger partial charge in [0.25, 0.3) is 0 Å². The van der Waals surface area contributed by atoms with Crippen LogP contribution in [0.2, 0.25) is 0 Å². The van der Waals surface area contributed by atoms with Gasteiger partial charge in [0, 0.05) is 34.7 Å². The number of aromatic nitrogens is 1. The van der Waals surface area contributed by atoms with E-state index in [2.05, 4.69) is 42.9 Å². The van der Waals surface area contributed by atoms with E-state index >= 15 is 0 Å². The monoisotopic (exact) mass is 627 g/mol. The van der Waals surface area contributed by atoms with E-state index in [9.17, 15) is 24.9 Å². The smallest absolute Gasteiger partial charge is 0.193 e. The minimum Gasteiger partial charge on any atom is -0.393 e. The number of fused-ring (bicyclic) bond motifs is 7. The van der Waals surface area contributed by atoms with Gasteiger partial charge in [-0.05, 0) is 79.2 Å². The van der Waals surface area contributed by atoms with Crippen molar-refractivity contribution in [3.05, 3.63) is 83.2 Å². The van der Waals surface area contributed by atoms with Crippen LogP contribution in [-0.2, 0) is 25.7 Å². The normalized spacial score (nSPS) is 40.1. The number of ether oxygens (including phenoxy) is 2. The number of benzene rings is 1. The van der Waals surface area contributed by atoms with Crippen molar-refractivity contribution in [2.45, 2.75) is 95.5 Å². The van der Waals surface area contributed by atoms with Crippen LogP contribution in [0.1, 0.15) is 87.8 Å². The van der Waals surface area contributed by atoms with Gasteiger partial charge in [0.1, 0.15) is 6.61 Å². The van der Waals surface area contributed by atoms with E-state index in [1.807, 2.05) is 24.3 Å². The van der Waals surface area contributed by atoms with Gasteiger partial charge in [-0.2, -0.15) is 0 Å². The highest BCUT2D eigenvalue weighted by Crippen LogP contribution is 2.70. The van der Waals surface area contributed by atoms with Gasteiger partial charge in [-0.25, -0.2) is 0 Å². The maximum atomic E-state index is 13.9. The Morgan fingerprint density at radius 2 is 1.89 bits per heavy atom. The fraction of sp³-hybridized carbons (Fsp3) is 0.579. The molecule has 5 fully saturated rings. The van der Waals surface area contributed by atoms with Gasteiger partial charge in [-0.3, -0.25) is 9.59 Å². The number of carbonyl (C=O) groups is 2. The van der Waals surface area contributed by atoms with Crippen molar-refractivity contribution in [2.24, 2.45) is 34.5 Å². The van der Waals surface area contributed by atoms with Crippen LogP contribution < -0.4 is 0 Å². The van der Waals surface area contributed by atoms with Gasteiger partial charge in [0.15, 0.2) is 23.5 Å². The van der Waals surface area contributed by atoms with E-state index in [1.54, 1.807) is 12.2 Å². The van der Waals surface area contributed by atoms with Crippen LogP contribution in [0.4, 0.5) is 0 Å². The highest BCUT2D eigenvalue weighted by atomic mass is 16.7. The Labute approximate surface area is 270 Å². The predicted molar refractivity (Wildman–Crippen MR) is 169 cm³/mol. The molecule has 0 bridgehead atoms. The lowest BCUT2D eigenvalue weighted by Gasteiger charge is -2.59. The highest BCUT2D eigenvalue weighted by Gasteiger charge is 2.76. The van der Waals surface area contributed by atoms with Gasteiger partial charge < -0.3 is 29.4 Å². The van der Waals surface area contributed by atoms with Gasteiger partial charge in [-0.15, -0.1) is 0 Å². The lowest BCUT2D eigenvalue weighted by Crippen LogP contribution is -2.63. The SMILES string of the molecule is C[C@]12C=CC(=O)C=C1CC[C@@H]1[C@@H]2[C@@H](O)C[C@@]2(C)[C@H]1C[C@H]1O[C@@H](c3ccn([C@H](CC4CC4)c4ccc(CO)cc4)c3)O[C@]12C(=O)CO. The number of rotatable bonds is 8. The number of hydrogen-bond acceptors (Lipinski definition) is 7. The van der Waals surface area contributed by atoms with Crippen LogP contribution >= 0.6 is 0 Å². The summed E-state index contributed by atoms with van der Waals surface area (Å²) < 4.78 is 15.7. The molecule has 1 aromatic heterocycles. The average molecular weight is 628 g/mol. The number of carbonyl (C=O) groups excluding carboxylic acids is 2. The van der Waals surface area contributed by atoms with Crippen molar-refractivity contribution in [1.82, 2.24) is 4.57 Å². The molecule has 2 aromatic rings. The minimum atomic E-state index is -1.37. The summed E-state index contributed by atoms with van der Waals surface area (Å²) in [5.74, 6) is 0.417. The third-order valence-corrected chi connectivity index (χ3v) is 13.0. The molecule has 46 heavy (non-hydrogen) atoms. The first-order chi connectivity index (χ1) is 22.1. The van der Waals surface area contributed by atoms with E-state index in [0.717, 1.165) is 36.0 Å². The molecule has 10 atom stereocenters. The number of aliphatic hydroxyl groups is 3. The van der Waals surface area contributed by atoms with Crippen molar-refractivity contribution in [2.75, 3.05) is 6.61 Å². The fourth-order valence-corrected chi connectivity index (χ4v) is 10.5. The number of ketones is 2. The van der Waals surface area contributed by atoms with Crippen molar-refractivity contribution >= 4 is 11.6 Å². The molecule has 8 heteroatoms. The highest BCUT2D eigenvalue weighted by molar-refractivity contribution is 6.01.